The molecule has 0 bridgehead atoms. The maximum Gasteiger partial charge on any atom is 0.245 e. The predicted molar refractivity (Wildman–Crippen MR) is 84.2 cm³/mol. The fourth-order valence-corrected chi connectivity index (χ4v) is 2.92. The molecule has 0 aliphatic carbocycles. The zero-order valence-electron chi connectivity index (χ0n) is 10.7. The second kappa shape index (κ2) is 5.46. The van der Waals surface area contributed by atoms with Gasteiger partial charge < -0.3 is 10.2 Å². The molecule has 1 fully saturated rings. The minimum absolute atomic E-state index is 0.479. The maximum absolute atomic E-state index is 4.63. The molecule has 1 aliphatic rings. The first-order valence-electron chi connectivity index (χ1n) is 6.39. The van der Waals surface area contributed by atoms with Crippen LogP contribution in [0.15, 0.2) is 24.3 Å². The summed E-state index contributed by atoms with van der Waals surface area (Å²) in [6.45, 7) is 5.06. The van der Waals surface area contributed by atoms with Crippen molar-refractivity contribution in [3.8, 4) is 11.4 Å². The smallest absolute Gasteiger partial charge is 0.245 e. The van der Waals surface area contributed by atoms with E-state index in [2.05, 4.69) is 67.0 Å². The summed E-state index contributed by atoms with van der Waals surface area (Å²) in [6, 6.07) is 8.66. The highest BCUT2D eigenvalue weighted by Gasteiger charge is 2.19. The molecule has 5 nitrogen and oxygen atoms in total. The Morgan fingerprint density at radius 2 is 2.21 bits per heavy atom. The van der Waals surface area contributed by atoms with Crippen molar-refractivity contribution >= 4 is 28.5 Å². The first-order chi connectivity index (χ1) is 9.24. The Morgan fingerprint density at radius 3 is 3.00 bits per heavy atom. The molecule has 2 heterocycles. The van der Waals surface area contributed by atoms with Gasteiger partial charge in [-0.1, -0.05) is 18.2 Å². The van der Waals surface area contributed by atoms with Crippen LogP contribution < -0.4 is 10.2 Å². The average molecular weight is 369 g/mol. The first kappa shape index (κ1) is 12.9. The molecule has 6 heteroatoms. The second-order valence-corrected chi connectivity index (χ2v) is 5.93. The fraction of sp³-hybridized carbons (Fsp3) is 0.385. The summed E-state index contributed by atoms with van der Waals surface area (Å²) in [5.41, 5.74) is 1.10. The number of H-pyrrole nitrogens is 1. The molecule has 0 saturated carbocycles. The highest BCUT2D eigenvalue weighted by molar-refractivity contribution is 14.1. The third-order valence-corrected chi connectivity index (χ3v) is 4.19. The average Bonchev–Trinajstić information content (AvgIpc) is 2.89. The number of piperazine rings is 1. The van der Waals surface area contributed by atoms with Crippen molar-refractivity contribution in [2.45, 2.75) is 13.0 Å². The van der Waals surface area contributed by atoms with Gasteiger partial charge in [0.1, 0.15) is 0 Å². The van der Waals surface area contributed by atoms with Gasteiger partial charge in [-0.25, -0.2) is 0 Å². The van der Waals surface area contributed by atoms with Crippen molar-refractivity contribution in [3.05, 3.63) is 27.8 Å². The number of hydrogen-bond acceptors (Lipinski definition) is 4. The Bertz CT molecular complexity index is 568. The van der Waals surface area contributed by atoms with Crippen LogP contribution in [-0.2, 0) is 0 Å². The van der Waals surface area contributed by atoms with E-state index in [0.29, 0.717) is 6.04 Å². The van der Waals surface area contributed by atoms with Crippen molar-refractivity contribution in [2.75, 3.05) is 24.5 Å². The molecule has 1 aliphatic heterocycles. The lowest BCUT2D eigenvalue weighted by atomic mass is 10.2. The number of aromatic nitrogens is 3. The van der Waals surface area contributed by atoms with Gasteiger partial charge in [-0.15, -0.1) is 5.10 Å². The van der Waals surface area contributed by atoms with Crippen molar-refractivity contribution < 1.29 is 0 Å². The van der Waals surface area contributed by atoms with Crippen molar-refractivity contribution in [2.24, 2.45) is 0 Å². The quantitative estimate of drug-likeness (QED) is 0.794. The van der Waals surface area contributed by atoms with E-state index in [1.165, 1.54) is 3.57 Å². The Labute approximate surface area is 125 Å². The van der Waals surface area contributed by atoms with Crippen LogP contribution in [0.2, 0.25) is 0 Å². The summed E-state index contributed by atoms with van der Waals surface area (Å²) in [5.74, 6) is 1.63. The highest BCUT2D eigenvalue weighted by atomic mass is 127. The Kier molecular flexibility index (Phi) is 3.69. The third-order valence-electron chi connectivity index (χ3n) is 3.25. The van der Waals surface area contributed by atoms with Crippen LogP contribution >= 0.6 is 22.6 Å². The topological polar surface area (TPSA) is 56.8 Å². The molecule has 100 valence electrons. The monoisotopic (exact) mass is 369 g/mol. The van der Waals surface area contributed by atoms with E-state index in [1.807, 2.05) is 12.1 Å². The Balaban J connectivity index is 1.85. The van der Waals surface area contributed by atoms with Crippen LogP contribution in [0.3, 0.4) is 0 Å². The molecule has 3 rings (SSSR count). The largest absolute Gasteiger partial charge is 0.337 e. The molecule has 2 aromatic rings. The van der Waals surface area contributed by atoms with E-state index in [-0.39, 0.29) is 0 Å². The van der Waals surface area contributed by atoms with E-state index in [0.717, 1.165) is 37.0 Å². The van der Waals surface area contributed by atoms with Crippen molar-refractivity contribution in [3.63, 3.8) is 0 Å². The highest BCUT2D eigenvalue weighted by Crippen LogP contribution is 2.23. The Morgan fingerprint density at radius 1 is 1.37 bits per heavy atom. The van der Waals surface area contributed by atoms with Gasteiger partial charge in [0.15, 0.2) is 5.82 Å². The molecule has 1 saturated heterocycles. The molecule has 1 aromatic heterocycles. The number of hydrogen-bond donors (Lipinski definition) is 2. The molecule has 1 atom stereocenters. The zero-order valence-corrected chi connectivity index (χ0v) is 12.9. The fourth-order valence-electron chi connectivity index (χ4n) is 2.28. The molecule has 0 unspecified atom stereocenters. The number of benzene rings is 1. The van der Waals surface area contributed by atoms with Crippen LogP contribution in [0, 0.1) is 3.57 Å². The summed E-state index contributed by atoms with van der Waals surface area (Å²) in [5, 5.41) is 10.8. The standard InChI is InChI=1S/C13H16IN5/c1-9-8-19(7-6-15-9)13-16-12(17-18-13)10-4-2-3-5-11(10)14/h2-5,9,15H,6-8H2,1H3,(H,16,17,18)/t9-/m0/s1. The molecule has 2 N–H and O–H groups in total. The van der Waals surface area contributed by atoms with Gasteiger partial charge in [0, 0.05) is 34.8 Å². The SMILES string of the molecule is C[C@H]1CN(c2n[nH]c(-c3ccccc3I)n2)CCN1. The van der Waals surface area contributed by atoms with Gasteiger partial charge >= 0.3 is 0 Å². The molecule has 0 spiro atoms. The van der Waals surface area contributed by atoms with E-state index in [4.69, 9.17) is 0 Å². The zero-order chi connectivity index (χ0) is 13.2. The molecule has 1 aromatic carbocycles. The van der Waals surface area contributed by atoms with Gasteiger partial charge in [-0.05, 0) is 35.6 Å². The summed E-state index contributed by atoms with van der Waals surface area (Å²) < 4.78 is 1.18. The third kappa shape index (κ3) is 2.74. The second-order valence-electron chi connectivity index (χ2n) is 4.77. The number of halogens is 1. The van der Waals surface area contributed by atoms with Crippen LogP contribution in [0.25, 0.3) is 11.4 Å². The first-order valence-corrected chi connectivity index (χ1v) is 7.47. The number of aromatic amines is 1. The van der Waals surface area contributed by atoms with Crippen molar-refractivity contribution in [1.82, 2.24) is 20.5 Å². The number of rotatable bonds is 2. The normalized spacial score (nSPS) is 19.7. The molecular formula is C13H16IN5. The number of nitrogens with one attached hydrogen (secondary N) is 2. The van der Waals surface area contributed by atoms with Gasteiger partial charge in [0.2, 0.25) is 5.95 Å². The lowest BCUT2D eigenvalue weighted by Crippen LogP contribution is -2.49. The summed E-state index contributed by atoms with van der Waals surface area (Å²) in [7, 11) is 0. The summed E-state index contributed by atoms with van der Waals surface area (Å²) in [4.78, 5) is 6.85. The Hall–Kier alpha value is -1.15. The van der Waals surface area contributed by atoms with Gasteiger partial charge in [0.25, 0.3) is 0 Å². The molecular weight excluding hydrogens is 353 g/mol. The van der Waals surface area contributed by atoms with E-state index in [1.54, 1.807) is 0 Å². The lowest BCUT2D eigenvalue weighted by Gasteiger charge is -2.30. The van der Waals surface area contributed by atoms with Crippen LogP contribution in [0.1, 0.15) is 6.92 Å². The number of nitrogens with zero attached hydrogens (tertiary/aromatic N) is 3. The van der Waals surface area contributed by atoms with Crippen molar-refractivity contribution in [1.29, 1.82) is 0 Å². The minimum atomic E-state index is 0.479. The summed E-state index contributed by atoms with van der Waals surface area (Å²) >= 11 is 2.32. The molecule has 19 heavy (non-hydrogen) atoms. The van der Waals surface area contributed by atoms with E-state index in [9.17, 15) is 0 Å². The predicted octanol–water partition coefficient (Wildman–Crippen LogP) is 1.87. The maximum atomic E-state index is 4.63. The van der Waals surface area contributed by atoms with E-state index >= 15 is 0 Å². The van der Waals surface area contributed by atoms with Gasteiger partial charge in [-0.2, -0.15) is 4.98 Å². The molecule has 0 amide bonds. The van der Waals surface area contributed by atoms with Crippen LogP contribution in [0.5, 0.6) is 0 Å². The van der Waals surface area contributed by atoms with Crippen LogP contribution in [-0.4, -0.2) is 40.9 Å². The van der Waals surface area contributed by atoms with Gasteiger partial charge in [0.05, 0.1) is 0 Å². The van der Waals surface area contributed by atoms with E-state index < -0.39 is 0 Å². The summed E-state index contributed by atoms with van der Waals surface area (Å²) in [6.07, 6.45) is 0. The number of anilines is 1. The lowest BCUT2D eigenvalue weighted by molar-refractivity contribution is 0.480. The minimum Gasteiger partial charge on any atom is -0.337 e. The van der Waals surface area contributed by atoms with Crippen LogP contribution in [0.4, 0.5) is 5.95 Å². The van der Waals surface area contributed by atoms with Gasteiger partial charge in [-0.3, -0.25) is 5.10 Å². The molecule has 0 radical (unpaired) electrons.